The van der Waals surface area contributed by atoms with Gasteiger partial charge in [0.25, 0.3) is 0 Å². The van der Waals surface area contributed by atoms with Crippen LogP contribution in [0.1, 0.15) is 64.0 Å². The Morgan fingerprint density at radius 1 is 1.07 bits per heavy atom. The van der Waals surface area contributed by atoms with Crippen molar-refractivity contribution in [3.8, 4) is 5.75 Å². The fourth-order valence-electron chi connectivity index (χ4n) is 5.05. The Kier molecular flexibility index (Phi) is 13.1. The van der Waals surface area contributed by atoms with Crippen molar-refractivity contribution in [2.24, 2.45) is 5.92 Å². The quantitative estimate of drug-likeness (QED) is 0.145. The molecule has 2 aromatic rings. The van der Waals surface area contributed by atoms with E-state index < -0.39 is 41.0 Å². The summed E-state index contributed by atoms with van der Waals surface area (Å²) < 4.78 is 0. The normalized spacial score (nSPS) is 16.9. The molecule has 9 nitrogen and oxygen atoms in total. The van der Waals surface area contributed by atoms with E-state index in [0.29, 0.717) is 18.4 Å². The molecule has 0 fully saturated rings. The second-order valence-corrected chi connectivity index (χ2v) is 12.2. The first-order valence-electron chi connectivity index (χ1n) is 14.2. The molecule has 43 heavy (non-hydrogen) atoms. The summed E-state index contributed by atoms with van der Waals surface area (Å²) in [4.78, 5) is 39.9. The highest BCUT2D eigenvalue weighted by Gasteiger charge is 2.52. The minimum atomic E-state index is -2.16. The molecule has 0 aromatic heterocycles. The molecular formula is C32H43Cl2N3O6. The maximum atomic E-state index is 13.9. The van der Waals surface area contributed by atoms with Gasteiger partial charge in [0.15, 0.2) is 11.3 Å². The lowest BCUT2D eigenvalue weighted by molar-refractivity contribution is -0.160. The average Bonchev–Trinajstić information content (AvgIpc) is 2.95. The largest absolute Gasteiger partial charge is 0.505 e. The van der Waals surface area contributed by atoms with Gasteiger partial charge in [0, 0.05) is 6.42 Å². The van der Waals surface area contributed by atoms with Crippen LogP contribution in [0.5, 0.6) is 5.75 Å². The molecule has 11 heteroatoms. The first kappa shape index (κ1) is 36.1. The van der Waals surface area contributed by atoms with Crippen LogP contribution in [0, 0.1) is 5.92 Å². The summed E-state index contributed by atoms with van der Waals surface area (Å²) in [5.41, 5.74) is -2.81. The molecule has 6 atom stereocenters. The number of hydrogen-bond acceptors (Lipinski definition) is 6. The van der Waals surface area contributed by atoms with Crippen molar-refractivity contribution in [1.29, 1.82) is 0 Å². The molecule has 6 unspecified atom stereocenters. The van der Waals surface area contributed by atoms with Crippen molar-refractivity contribution in [3.63, 3.8) is 0 Å². The van der Waals surface area contributed by atoms with E-state index in [1.54, 1.807) is 13.1 Å². The van der Waals surface area contributed by atoms with Crippen molar-refractivity contribution < 1.29 is 29.7 Å². The molecule has 0 radical (unpaired) electrons. The number of carboxylic acids is 1. The molecule has 0 aliphatic carbocycles. The fraction of sp³-hybridized carbons (Fsp3) is 0.469. The van der Waals surface area contributed by atoms with Crippen LogP contribution in [0.4, 0.5) is 0 Å². The van der Waals surface area contributed by atoms with Crippen LogP contribution in [0.25, 0.3) is 0 Å². The number of carbonyl (C=O) groups is 3. The lowest BCUT2D eigenvalue weighted by Crippen LogP contribution is -2.68. The number of phenolic OH excluding ortho intramolecular Hbond substituents is 1. The number of allylic oxidation sites excluding steroid dienone is 1. The second kappa shape index (κ2) is 15.6. The van der Waals surface area contributed by atoms with Gasteiger partial charge < -0.3 is 31.3 Å². The predicted octanol–water partition coefficient (Wildman–Crippen LogP) is 4.82. The second-order valence-electron chi connectivity index (χ2n) is 11.4. The number of benzene rings is 2. The summed E-state index contributed by atoms with van der Waals surface area (Å²) in [6, 6.07) is 10.2. The molecule has 0 aliphatic rings. The summed E-state index contributed by atoms with van der Waals surface area (Å²) in [7, 11) is 1.64. The number of aliphatic carboxylic acids is 1. The molecule has 6 N–H and O–H groups in total. The van der Waals surface area contributed by atoms with Gasteiger partial charge in [-0.25, -0.2) is 4.79 Å². The molecule has 0 saturated carbocycles. The SMILES string of the molecule is C=CCC(CC(C)(O)C(C)(NC(=O)C(Cc1cc(Cl)c(O)c(Cl)c1)NC(=O)C(NC)C(C)CC)C(=O)O)c1ccccc1. The van der Waals surface area contributed by atoms with Crippen LogP contribution in [0.3, 0.4) is 0 Å². The minimum absolute atomic E-state index is 0.0117. The van der Waals surface area contributed by atoms with Crippen LogP contribution in [-0.2, 0) is 20.8 Å². The molecule has 0 spiro atoms. The van der Waals surface area contributed by atoms with Crippen molar-refractivity contribution >= 4 is 41.0 Å². The number of halogens is 2. The molecule has 0 heterocycles. The van der Waals surface area contributed by atoms with E-state index in [1.807, 2.05) is 44.2 Å². The lowest BCUT2D eigenvalue weighted by atomic mass is 9.74. The van der Waals surface area contributed by atoms with E-state index in [4.69, 9.17) is 23.2 Å². The Bertz CT molecular complexity index is 1270. The third kappa shape index (κ3) is 8.95. The van der Waals surface area contributed by atoms with Gasteiger partial charge in [-0.3, -0.25) is 9.59 Å². The van der Waals surface area contributed by atoms with Gasteiger partial charge in [-0.05, 0) is 68.8 Å². The molecule has 0 aliphatic heterocycles. The van der Waals surface area contributed by atoms with E-state index >= 15 is 0 Å². The fourth-order valence-corrected chi connectivity index (χ4v) is 5.58. The van der Waals surface area contributed by atoms with Crippen LogP contribution >= 0.6 is 23.2 Å². The van der Waals surface area contributed by atoms with Gasteiger partial charge in [0.1, 0.15) is 6.04 Å². The number of carbonyl (C=O) groups excluding carboxylic acids is 2. The van der Waals surface area contributed by atoms with Crippen LogP contribution < -0.4 is 16.0 Å². The number of carboxylic acid groups (broad SMARTS) is 1. The zero-order chi connectivity index (χ0) is 32.5. The number of aliphatic hydroxyl groups is 1. The first-order valence-corrected chi connectivity index (χ1v) is 15.0. The highest BCUT2D eigenvalue weighted by atomic mass is 35.5. The number of phenols is 1. The van der Waals surface area contributed by atoms with Crippen LogP contribution in [0.15, 0.2) is 55.1 Å². The third-order valence-electron chi connectivity index (χ3n) is 8.20. The third-order valence-corrected chi connectivity index (χ3v) is 8.78. The van der Waals surface area contributed by atoms with Crippen molar-refractivity contribution in [2.45, 2.75) is 82.5 Å². The summed E-state index contributed by atoms with van der Waals surface area (Å²) in [6.07, 6.45) is 2.70. The number of amides is 2. The Morgan fingerprint density at radius 2 is 1.65 bits per heavy atom. The zero-order valence-electron chi connectivity index (χ0n) is 25.3. The van der Waals surface area contributed by atoms with Gasteiger partial charge >= 0.3 is 5.97 Å². The Hall–Kier alpha value is -3.11. The van der Waals surface area contributed by atoms with E-state index in [9.17, 15) is 29.7 Å². The van der Waals surface area contributed by atoms with Crippen LogP contribution in [-0.4, -0.2) is 63.4 Å². The monoisotopic (exact) mass is 635 g/mol. The topological polar surface area (TPSA) is 148 Å². The summed E-state index contributed by atoms with van der Waals surface area (Å²) in [5.74, 6) is -3.44. The zero-order valence-corrected chi connectivity index (χ0v) is 26.8. The number of likely N-dealkylation sites (N-methyl/N-ethyl adjacent to an activating group) is 1. The molecular weight excluding hydrogens is 593 g/mol. The molecule has 0 bridgehead atoms. The molecule has 2 aromatic carbocycles. The smallest absolute Gasteiger partial charge is 0.332 e. The van der Waals surface area contributed by atoms with Gasteiger partial charge in [-0.15, -0.1) is 6.58 Å². The molecule has 2 amide bonds. The van der Waals surface area contributed by atoms with Gasteiger partial charge in [0.05, 0.1) is 21.7 Å². The predicted molar refractivity (Wildman–Crippen MR) is 169 cm³/mol. The van der Waals surface area contributed by atoms with E-state index in [2.05, 4.69) is 22.5 Å². The summed E-state index contributed by atoms with van der Waals surface area (Å²) in [6.45, 7) is 10.2. The number of nitrogens with one attached hydrogen (secondary N) is 3. The van der Waals surface area contributed by atoms with Gasteiger partial charge in [0.2, 0.25) is 11.8 Å². The Labute approximate surface area is 263 Å². The molecule has 236 valence electrons. The first-order chi connectivity index (χ1) is 20.1. The highest BCUT2D eigenvalue weighted by Crippen LogP contribution is 2.36. The number of hydrogen-bond donors (Lipinski definition) is 6. The average molecular weight is 637 g/mol. The van der Waals surface area contributed by atoms with Gasteiger partial charge in [-0.2, -0.15) is 0 Å². The summed E-state index contributed by atoms with van der Waals surface area (Å²) in [5, 5.41) is 40.2. The van der Waals surface area contributed by atoms with E-state index in [1.165, 1.54) is 26.0 Å². The van der Waals surface area contributed by atoms with Crippen LogP contribution in [0.2, 0.25) is 10.0 Å². The highest BCUT2D eigenvalue weighted by molar-refractivity contribution is 6.37. The summed E-state index contributed by atoms with van der Waals surface area (Å²) >= 11 is 12.2. The molecule has 0 saturated heterocycles. The van der Waals surface area contributed by atoms with Crippen molar-refractivity contribution in [1.82, 2.24) is 16.0 Å². The standard InChI is InChI=1S/C32H43Cl2N3O6/c1-7-12-22(21-13-10-9-11-14-21)18-31(4,43)32(5,30(41)42)37-28(39)25(36-29(40)26(35-6)19(3)8-2)17-20-15-23(33)27(38)24(34)16-20/h7,9-11,13-16,19,22,25-26,35,38,43H,1,8,12,17-18H2,2-6H3,(H,36,40)(H,37,39)(H,41,42). The Balaban J connectivity index is 2.48. The van der Waals surface area contributed by atoms with Crippen molar-refractivity contribution in [2.75, 3.05) is 7.05 Å². The number of aromatic hydroxyl groups is 1. The molecule has 2 rings (SSSR count). The number of rotatable bonds is 16. The van der Waals surface area contributed by atoms with E-state index in [0.717, 1.165) is 5.56 Å². The van der Waals surface area contributed by atoms with Gasteiger partial charge in [-0.1, -0.05) is 79.9 Å². The minimum Gasteiger partial charge on any atom is -0.505 e. The lowest BCUT2D eigenvalue weighted by Gasteiger charge is -2.42. The maximum absolute atomic E-state index is 13.9. The maximum Gasteiger partial charge on any atom is 0.332 e. The Morgan fingerprint density at radius 3 is 2.14 bits per heavy atom. The van der Waals surface area contributed by atoms with E-state index in [-0.39, 0.29) is 40.5 Å². The van der Waals surface area contributed by atoms with Crippen molar-refractivity contribution in [3.05, 3.63) is 76.3 Å².